The topological polar surface area (TPSA) is 91.3 Å². The van der Waals surface area contributed by atoms with Crippen molar-refractivity contribution in [2.24, 2.45) is 0 Å². The van der Waals surface area contributed by atoms with Gasteiger partial charge in [-0.3, -0.25) is 9.59 Å². The molecule has 1 aliphatic rings. The Morgan fingerprint density at radius 3 is 2.46 bits per heavy atom. The zero-order chi connectivity index (χ0) is 18.4. The van der Waals surface area contributed by atoms with E-state index >= 15 is 0 Å². The second kappa shape index (κ2) is 8.78. The summed E-state index contributed by atoms with van der Waals surface area (Å²) in [5.74, 6) is -1.38. The summed E-state index contributed by atoms with van der Waals surface area (Å²) in [5, 5.41) is 8.57. The maximum Gasteiger partial charge on any atom is 0.305 e. The van der Waals surface area contributed by atoms with Crippen molar-refractivity contribution in [3.05, 3.63) is 0 Å². The third kappa shape index (κ3) is 9.20. The summed E-state index contributed by atoms with van der Waals surface area (Å²) in [5.41, 5.74) is -0.681. The average molecular weight is 346 g/mol. The summed E-state index contributed by atoms with van der Waals surface area (Å²) in [4.78, 5) is 22.1. The normalized spacial score (nSPS) is 21.5. The number of hydrogen-bond donors (Lipinski definition) is 1. The lowest BCUT2D eigenvalue weighted by Crippen LogP contribution is -2.36. The van der Waals surface area contributed by atoms with Crippen LogP contribution in [0.15, 0.2) is 0 Å². The van der Waals surface area contributed by atoms with Gasteiger partial charge in [0.25, 0.3) is 0 Å². The fourth-order valence-corrected chi connectivity index (χ4v) is 2.40. The molecule has 1 aliphatic heterocycles. The number of carbonyl (C=O) groups is 2. The van der Waals surface area contributed by atoms with Gasteiger partial charge in [0.05, 0.1) is 23.9 Å². The van der Waals surface area contributed by atoms with Gasteiger partial charge in [0.2, 0.25) is 0 Å². The minimum Gasteiger partial charge on any atom is -0.481 e. The van der Waals surface area contributed by atoms with E-state index in [4.69, 9.17) is 24.1 Å². The van der Waals surface area contributed by atoms with Crippen molar-refractivity contribution in [2.75, 3.05) is 13.2 Å². The summed E-state index contributed by atoms with van der Waals surface area (Å²) in [6, 6.07) is 0. The average Bonchev–Trinajstić information content (AvgIpc) is 2.73. The van der Waals surface area contributed by atoms with Crippen LogP contribution in [0.1, 0.15) is 60.3 Å². The number of esters is 1. The molecule has 1 rings (SSSR count). The van der Waals surface area contributed by atoms with Gasteiger partial charge in [-0.05, 0) is 41.0 Å². The molecule has 140 valence electrons. The first-order valence-corrected chi connectivity index (χ1v) is 8.31. The third-order valence-electron chi connectivity index (χ3n) is 3.36. The van der Waals surface area contributed by atoms with Crippen molar-refractivity contribution in [1.82, 2.24) is 0 Å². The van der Waals surface area contributed by atoms with Crippen LogP contribution in [0.25, 0.3) is 0 Å². The lowest BCUT2D eigenvalue weighted by molar-refractivity contribution is -0.233. The first-order chi connectivity index (χ1) is 11.0. The highest BCUT2D eigenvalue weighted by Gasteiger charge is 2.35. The molecule has 0 aromatic rings. The molecule has 2 unspecified atom stereocenters. The molecular formula is C17H30O7. The van der Waals surface area contributed by atoms with E-state index in [0.29, 0.717) is 6.61 Å². The molecule has 0 amide bonds. The summed E-state index contributed by atoms with van der Waals surface area (Å²) in [7, 11) is 0. The Kier molecular flexibility index (Phi) is 7.63. The molecular weight excluding hydrogens is 316 g/mol. The van der Waals surface area contributed by atoms with Crippen LogP contribution in [0.2, 0.25) is 0 Å². The third-order valence-corrected chi connectivity index (χ3v) is 3.36. The second-order valence-electron chi connectivity index (χ2n) is 7.62. The first-order valence-electron chi connectivity index (χ1n) is 8.31. The van der Waals surface area contributed by atoms with Gasteiger partial charge >= 0.3 is 11.9 Å². The van der Waals surface area contributed by atoms with E-state index in [2.05, 4.69) is 0 Å². The van der Waals surface area contributed by atoms with Gasteiger partial charge in [0, 0.05) is 19.3 Å². The Morgan fingerprint density at radius 1 is 1.29 bits per heavy atom. The minimum atomic E-state index is -0.927. The van der Waals surface area contributed by atoms with Crippen LogP contribution in [0.4, 0.5) is 0 Å². The largest absolute Gasteiger partial charge is 0.481 e. The SMILES string of the molecule is CC(C)(C)OC(COC(=O)CCCC(=O)O)OC1COC(C)(C)C1. The lowest BCUT2D eigenvalue weighted by atomic mass is 10.1. The van der Waals surface area contributed by atoms with Crippen molar-refractivity contribution in [3.63, 3.8) is 0 Å². The summed E-state index contributed by atoms with van der Waals surface area (Å²) in [6.45, 7) is 10.1. The molecule has 0 radical (unpaired) electrons. The van der Waals surface area contributed by atoms with Gasteiger partial charge in [-0.1, -0.05) is 0 Å². The molecule has 0 aromatic carbocycles. The monoisotopic (exact) mass is 346 g/mol. The number of carbonyl (C=O) groups excluding carboxylic acids is 1. The molecule has 7 nitrogen and oxygen atoms in total. The minimum absolute atomic E-state index is 0.0277. The molecule has 0 bridgehead atoms. The standard InChI is InChI=1S/C17H30O7/c1-16(2,3)24-15(23-12-9-17(4,5)22-10-12)11-21-14(20)8-6-7-13(18)19/h12,15H,6-11H2,1-5H3,(H,18,19). The maximum absolute atomic E-state index is 11.7. The van der Waals surface area contributed by atoms with Crippen LogP contribution < -0.4 is 0 Å². The Bertz CT molecular complexity index is 425. The lowest BCUT2D eigenvalue weighted by Gasteiger charge is -2.29. The van der Waals surface area contributed by atoms with E-state index < -0.39 is 23.8 Å². The molecule has 0 aliphatic carbocycles. The van der Waals surface area contributed by atoms with Crippen molar-refractivity contribution >= 4 is 11.9 Å². The predicted octanol–water partition coefficient (Wildman–Crippen LogP) is 2.51. The fraction of sp³-hybridized carbons (Fsp3) is 0.882. The van der Waals surface area contributed by atoms with Crippen molar-refractivity contribution < 1.29 is 33.6 Å². The molecule has 1 N–H and O–H groups in total. The second-order valence-corrected chi connectivity index (χ2v) is 7.62. The number of carboxylic acids is 1. The zero-order valence-corrected chi connectivity index (χ0v) is 15.3. The van der Waals surface area contributed by atoms with E-state index in [9.17, 15) is 9.59 Å². The van der Waals surface area contributed by atoms with Gasteiger partial charge in [0.15, 0.2) is 6.29 Å². The Labute approximate surface area is 143 Å². The highest BCUT2D eigenvalue weighted by molar-refractivity contribution is 5.71. The van der Waals surface area contributed by atoms with Crippen LogP contribution in [0.3, 0.4) is 0 Å². The van der Waals surface area contributed by atoms with Crippen molar-refractivity contribution in [3.8, 4) is 0 Å². The van der Waals surface area contributed by atoms with Crippen LogP contribution in [-0.2, 0) is 28.5 Å². The van der Waals surface area contributed by atoms with E-state index in [1.165, 1.54) is 0 Å². The number of aliphatic carboxylic acids is 1. The van der Waals surface area contributed by atoms with Gasteiger partial charge < -0.3 is 24.1 Å². The smallest absolute Gasteiger partial charge is 0.305 e. The highest BCUT2D eigenvalue weighted by Crippen LogP contribution is 2.28. The van der Waals surface area contributed by atoms with Crippen molar-refractivity contribution in [2.45, 2.75) is 83.9 Å². The molecule has 7 heteroatoms. The quantitative estimate of drug-likeness (QED) is 0.506. The molecule has 2 atom stereocenters. The Balaban J connectivity index is 2.44. The van der Waals surface area contributed by atoms with E-state index in [1.807, 2.05) is 34.6 Å². The van der Waals surface area contributed by atoms with E-state index in [-0.39, 0.29) is 37.6 Å². The molecule has 0 saturated carbocycles. The van der Waals surface area contributed by atoms with Crippen molar-refractivity contribution in [1.29, 1.82) is 0 Å². The predicted molar refractivity (Wildman–Crippen MR) is 86.6 cm³/mol. The molecule has 0 spiro atoms. The molecule has 24 heavy (non-hydrogen) atoms. The Morgan fingerprint density at radius 2 is 1.96 bits per heavy atom. The van der Waals surface area contributed by atoms with Gasteiger partial charge in [-0.25, -0.2) is 0 Å². The van der Waals surface area contributed by atoms with E-state index in [1.54, 1.807) is 0 Å². The van der Waals surface area contributed by atoms with Crippen LogP contribution in [-0.4, -0.2) is 53.9 Å². The highest BCUT2D eigenvalue weighted by atomic mass is 16.7. The van der Waals surface area contributed by atoms with Crippen LogP contribution in [0.5, 0.6) is 0 Å². The molecule has 1 saturated heterocycles. The van der Waals surface area contributed by atoms with Crippen LogP contribution in [0, 0.1) is 0 Å². The fourth-order valence-electron chi connectivity index (χ4n) is 2.40. The molecule has 1 fully saturated rings. The number of carboxylic acid groups (broad SMARTS) is 1. The number of hydrogen-bond acceptors (Lipinski definition) is 6. The van der Waals surface area contributed by atoms with Gasteiger partial charge in [-0.2, -0.15) is 0 Å². The summed E-state index contributed by atoms with van der Waals surface area (Å²) < 4.78 is 22.5. The zero-order valence-electron chi connectivity index (χ0n) is 15.3. The molecule has 0 aromatic heterocycles. The summed E-state index contributed by atoms with van der Waals surface area (Å²) in [6.07, 6.45) is 0.207. The first kappa shape index (κ1) is 20.9. The molecule has 1 heterocycles. The van der Waals surface area contributed by atoms with Gasteiger partial charge in [0.1, 0.15) is 6.61 Å². The number of rotatable bonds is 9. The van der Waals surface area contributed by atoms with E-state index in [0.717, 1.165) is 6.42 Å². The van der Waals surface area contributed by atoms with Gasteiger partial charge in [-0.15, -0.1) is 0 Å². The Hall–Kier alpha value is -1.18. The summed E-state index contributed by atoms with van der Waals surface area (Å²) >= 11 is 0. The number of ether oxygens (including phenoxy) is 4. The van der Waals surface area contributed by atoms with Crippen LogP contribution >= 0.6 is 0 Å². The maximum atomic E-state index is 11.7.